The maximum Gasteiger partial charge on any atom is 0.707 e. The van der Waals surface area contributed by atoms with Crippen molar-refractivity contribution in [2.75, 3.05) is 5.73 Å². The first-order valence-corrected chi connectivity index (χ1v) is 3.07. The van der Waals surface area contributed by atoms with E-state index in [0.717, 1.165) is 0 Å². The molecule has 0 saturated heterocycles. The number of anilines is 1. The second-order valence-electron chi connectivity index (χ2n) is 2.01. The average molecular weight is 189 g/mol. The molecule has 1 aromatic carbocycles. The molecule has 1 rings (SSSR count). The number of hydrogen-bond donors (Lipinski definition) is 3. The molecule has 4 N–H and O–H groups in total. The standard InChI is InChI=1S/C6H8BNO3.ClH/c8-5-1-3-6(4-2-5)11-7(9)10;/h1-4,9-10H,8H2;1H. The van der Waals surface area contributed by atoms with E-state index in [1.165, 1.54) is 0 Å². The van der Waals surface area contributed by atoms with Crippen molar-refractivity contribution in [3.05, 3.63) is 24.3 Å². The van der Waals surface area contributed by atoms with E-state index in [-0.39, 0.29) is 12.4 Å². The van der Waals surface area contributed by atoms with Crippen LogP contribution in [0.4, 0.5) is 5.69 Å². The fourth-order valence-electron chi connectivity index (χ4n) is 0.668. The number of halogens is 1. The number of nitrogens with two attached hydrogens (primary N) is 1. The van der Waals surface area contributed by atoms with Crippen LogP contribution in [0.1, 0.15) is 0 Å². The van der Waals surface area contributed by atoms with Gasteiger partial charge >= 0.3 is 7.32 Å². The molecule has 0 aromatic heterocycles. The smallest absolute Gasteiger partial charge is 0.512 e. The lowest BCUT2D eigenvalue weighted by Crippen LogP contribution is -2.20. The molecule has 0 heterocycles. The summed E-state index contributed by atoms with van der Waals surface area (Å²) in [5.41, 5.74) is 5.98. The van der Waals surface area contributed by atoms with Gasteiger partial charge in [0.25, 0.3) is 0 Å². The summed E-state index contributed by atoms with van der Waals surface area (Å²) in [6.07, 6.45) is 0. The largest absolute Gasteiger partial charge is 0.707 e. The Hall–Kier alpha value is -0.905. The summed E-state index contributed by atoms with van der Waals surface area (Å²) in [5, 5.41) is 16.8. The topological polar surface area (TPSA) is 75.7 Å². The zero-order chi connectivity index (χ0) is 8.27. The average Bonchev–Trinajstić information content (AvgIpc) is 1.93. The molecule has 66 valence electrons. The third kappa shape index (κ3) is 3.48. The van der Waals surface area contributed by atoms with Crippen molar-refractivity contribution in [1.82, 2.24) is 0 Å². The van der Waals surface area contributed by atoms with E-state index in [1.54, 1.807) is 24.3 Å². The molecule has 0 amide bonds. The molecule has 12 heavy (non-hydrogen) atoms. The molecule has 4 nitrogen and oxygen atoms in total. The van der Waals surface area contributed by atoms with Gasteiger partial charge in [0.1, 0.15) is 5.75 Å². The number of nitrogen functional groups attached to an aromatic ring is 1. The maximum absolute atomic E-state index is 8.38. The highest BCUT2D eigenvalue weighted by molar-refractivity contribution is 6.33. The molecule has 0 aliphatic heterocycles. The Balaban J connectivity index is 0.00000121. The van der Waals surface area contributed by atoms with Crippen LogP contribution >= 0.6 is 12.4 Å². The summed E-state index contributed by atoms with van der Waals surface area (Å²) in [6.45, 7) is 0. The van der Waals surface area contributed by atoms with Gasteiger partial charge in [-0.15, -0.1) is 12.4 Å². The second-order valence-corrected chi connectivity index (χ2v) is 2.01. The molecule has 0 spiro atoms. The summed E-state index contributed by atoms with van der Waals surface area (Å²) in [6, 6.07) is 6.32. The minimum atomic E-state index is -1.78. The Bertz CT molecular complexity index is 229. The highest BCUT2D eigenvalue weighted by atomic mass is 35.5. The van der Waals surface area contributed by atoms with E-state index >= 15 is 0 Å². The van der Waals surface area contributed by atoms with Crippen LogP contribution in [0.25, 0.3) is 0 Å². The molecule has 0 atom stereocenters. The van der Waals surface area contributed by atoms with Gasteiger partial charge in [0, 0.05) is 5.69 Å². The van der Waals surface area contributed by atoms with Crippen LogP contribution in [-0.4, -0.2) is 17.4 Å². The molecule has 6 heteroatoms. The van der Waals surface area contributed by atoms with Crippen LogP contribution in [0.5, 0.6) is 5.75 Å². The molecule has 0 saturated carbocycles. The van der Waals surface area contributed by atoms with Crippen molar-refractivity contribution in [3.8, 4) is 5.75 Å². The lowest BCUT2D eigenvalue weighted by Gasteiger charge is -2.03. The third-order valence-corrected chi connectivity index (χ3v) is 1.12. The highest BCUT2D eigenvalue weighted by Gasteiger charge is 2.09. The quantitative estimate of drug-likeness (QED) is 0.453. The van der Waals surface area contributed by atoms with Crippen molar-refractivity contribution in [3.63, 3.8) is 0 Å². The molecule has 0 bridgehead atoms. The lowest BCUT2D eigenvalue weighted by atomic mass is 10.2. The summed E-state index contributed by atoms with van der Waals surface area (Å²) in [5.74, 6) is 0.370. The monoisotopic (exact) mass is 189 g/mol. The Morgan fingerprint density at radius 2 is 1.67 bits per heavy atom. The predicted octanol–water partition coefficient (Wildman–Crippen LogP) is 0.0389. The van der Waals surface area contributed by atoms with Crippen LogP contribution in [-0.2, 0) is 0 Å². The minimum Gasteiger partial charge on any atom is -0.512 e. The SMILES string of the molecule is Cl.Nc1ccc(OB(O)O)cc1. The summed E-state index contributed by atoms with van der Waals surface area (Å²) < 4.78 is 4.52. The molecule has 1 aromatic rings. The van der Waals surface area contributed by atoms with Gasteiger partial charge in [-0.1, -0.05) is 0 Å². The van der Waals surface area contributed by atoms with Gasteiger partial charge < -0.3 is 20.4 Å². The molecular weight excluding hydrogens is 180 g/mol. The molecule has 0 unspecified atom stereocenters. The van der Waals surface area contributed by atoms with Gasteiger partial charge in [-0.05, 0) is 24.3 Å². The number of rotatable bonds is 2. The molecular formula is C6H9BClNO3. The first kappa shape index (κ1) is 11.1. The Kier molecular flexibility index (Phi) is 4.50. The van der Waals surface area contributed by atoms with Crippen LogP contribution in [0.2, 0.25) is 0 Å². The Morgan fingerprint density at radius 3 is 2.08 bits per heavy atom. The molecule has 0 aliphatic rings. The molecule has 0 radical (unpaired) electrons. The van der Waals surface area contributed by atoms with Crippen LogP contribution in [0.3, 0.4) is 0 Å². The van der Waals surface area contributed by atoms with E-state index < -0.39 is 7.32 Å². The molecule has 0 aliphatic carbocycles. The van der Waals surface area contributed by atoms with Gasteiger partial charge in [0.15, 0.2) is 0 Å². The maximum atomic E-state index is 8.38. The van der Waals surface area contributed by atoms with Gasteiger partial charge in [-0.3, -0.25) is 0 Å². The van der Waals surface area contributed by atoms with Gasteiger partial charge in [0.2, 0.25) is 0 Å². The van der Waals surface area contributed by atoms with E-state index in [4.69, 9.17) is 15.8 Å². The van der Waals surface area contributed by atoms with E-state index in [0.29, 0.717) is 11.4 Å². The highest BCUT2D eigenvalue weighted by Crippen LogP contribution is 2.12. The Labute approximate surface area is 76.6 Å². The van der Waals surface area contributed by atoms with Crippen molar-refractivity contribution in [2.24, 2.45) is 0 Å². The first-order valence-electron chi connectivity index (χ1n) is 3.07. The minimum absolute atomic E-state index is 0. The van der Waals surface area contributed by atoms with E-state index in [9.17, 15) is 0 Å². The number of benzene rings is 1. The fourth-order valence-corrected chi connectivity index (χ4v) is 0.668. The lowest BCUT2D eigenvalue weighted by molar-refractivity contribution is 0.288. The van der Waals surface area contributed by atoms with Crippen molar-refractivity contribution >= 4 is 25.4 Å². The van der Waals surface area contributed by atoms with E-state index in [2.05, 4.69) is 4.65 Å². The van der Waals surface area contributed by atoms with Crippen LogP contribution in [0, 0.1) is 0 Å². The fraction of sp³-hybridized carbons (Fsp3) is 0. The zero-order valence-corrected chi connectivity index (χ0v) is 6.99. The summed E-state index contributed by atoms with van der Waals surface area (Å²) in [7, 11) is -1.78. The van der Waals surface area contributed by atoms with E-state index in [1.807, 2.05) is 0 Å². The van der Waals surface area contributed by atoms with Crippen molar-refractivity contribution in [1.29, 1.82) is 0 Å². The van der Waals surface area contributed by atoms with Crippen molar-refractivity contribution in [2.45, 2.75) is 0 Å². The van der Waals surface area contributed by atoms with Crippen LogP contribution in [0.15, 0.2) is 24.3 Å². The summed E-state index contributed by atoms with van der Waals surface area (Å²) >= 11 is 0. The normalized spacial score (nSPS) is 8.50. The Morgan fingerprint density at radius 1 is 1.17 bits per heavy atom. The second kappa shape index (κ2) is 4.87. The van der Waals surface area contributed by atoms with Crippen molar-refractivity contribution < 1.29 is 14.7 Å². The zero-order valence-electron chi connectivity index (χ0n) is 6.18. The predicted molar refractivity (Wildman–Crippen MR) is 48.9 cm³/mol. The van der Waals surface area contributed by atoms with Gasteiger partial charge in [-0.25, -0.2) is 0 Å². The molecule has 0 fully saturated rings. The summed E-state index contributed by atoms with van der Waals surface area (Å²) in [4.78, 5) is 0. The van der Waals surface area contributed by atoms with Crippen LogP contribution < -0.4 is 10.4 Å². The third-order valence-electron chi connectivity index (χ3n) is 1.12. The number of hydrogen-bond acceptors (Lipinski definition) is 4. The van der Waals surface area contributed by atoms with Gasteiger partial charge in [-0.2, -0.15) is 0 Å². The first-order chi connectivity index (χ1) is 5.18. The van der Waals surface area contributed by atoms with Gasteiger partial charge in [0.05, 0.1) is 0 Å².